The Morgan fingerprint density at radius 1 is 0.519 bits per heavy atom. The third-order valence-corrected chi connectivity index (χ3v) is 9.81. The van der Waals surface area contributed by atoms with Crippen LogP contribution in [0.3, 0.4) is 0 Å². The molecule has 0 spiro atoms. The average Bonchev–Trinajstić information content (AvgIpc) is 3.80. The van der Waals surface area contributed by atoms with Gasteiger partial charge in [-0.05, 0) is 60.8 Å². The van der Waals surface area contributed by atoms with Crippen molar-refractivity contribution in [3.8, 4) is 22.3 Å². The van der Waals surface area contributed by atoms with Gasteiger partial charge in [0.1, 0.15) is 0 Å². The van der Waals surface area contributed by atoms with E-state index in [2.05, 4.69) is 152 Å². The first kappa shape index (κ1) is 44.2. The molecule has 274 valence electrons. The molecule has 0 unspecified atom stereocenters. The van der Waals surface area contributed by atoms with Gasteiger partial charge in [0, 0.05) is 9.52 Å². The summed E-state index contributed by atoms with van der Waals surface area (Å²) in [6.45, 7) is 17.9. The van der Waals surface area contributed by atoms with Crippen molar-refractivity contribution < 1.29 is 20.8 Å². The first-order chi connectivity index (χ1) is 25.4. The van der Waals surface area contributed by atoms with E-state index in [4.69, 9.17) is 17.0 Å². The second kappa shape index (κ2) is 24.2. The number of benzene rings is 4. The van der Waals surface area contributed by atoms with Crippen LogP contribution < -0.4 is 0 Å². The zero-order valence-electron chi connectivity index (χ0n) is 33.1. The Bertz CT molecular complexity index is 1770. The van der Waals surface area contributed by atoms with Crippen LogP contribution in [0.4, 0.5) is 0 Å². The molecule has 0 aromatic heterocycles. The summed E-state index contributed by atoms with van der Waals surface area (Å²) in [5.74, 6) is 0. The van der Waals surface area contributed by atoms with Crippen LogP contribution in [0.1, 0.15) is 101 Å². The minimum atomic E-state index is -0.826. The van der Waals surface area contributed by atoms with E-state index in [1.165, 1.54) is 116 Å². The molecule has 0 amide bonds. The molecule has 0 fully saturated rings. The molecule has 2 radical (unpaired) electrons. The quantitative estimate of drug-likeness (QED) is 0.0852. The van der Waals surface area contributed by atoms with Crippen LogP contribution in [0, 0.1) is 0 Å². The summed E-state index contributed by atoms with van der Waals surface area (Å²) < 4.78 is 0. The topological polar surface area (TPSA) is 0 Å². The standard InChI is InChI=1S/2C23H27.C2H6Si.2ClH.Zr/c2*1-4-7-10-17-15-20-14-13-19(6-3)23(22(20)16-17)21-12-9-8-11-18(21)5-2;1-3-2;;;/h2*8-9,11-16H,4-7,10H2,1-3H3;1-2H3;2*1H;/q2*-1;;;;+4/p-2. The minimum absolute atomic E-state index is 0.826. The Labute approximate surface area is 338 Å². The maximum absolute atomic E-state index is 4.93. The van der Waals surface area contributed by atoms with Gasteiger partial charge >= 0.3 is 37.9 Å². The molecule has 52 heavy (non-hydrogen) atoms. The van der Waals surface area contributed by atoms with Crippen LogP contribution >= 0.6 is 17.0 Å². The fourth-order valence-corrected chi connectivity index (χ4v) is 7.20. The molecule has 0 aliphatic carbocycles. The summed E-state index contributed by atoms with van der Waals surface area (Å²) in [4.78, 5) is 0. The van der Waals surface area contributed by atoms with Gasteiger partial charge < -0.3 is 0 Å². The van der Waals surface area contributed by atoms with Crippen LogP contribution in [-0.4, -0.2) is 9.52 Å². The molecule has 0 saturated carbocycles. The molecule has 4 heteroatoms. The molecule has 0 heterocycles. The number of aryl methyl sites for hydroxylation is 6. The first-order valence-electron chi connectivity index (χ1n) is 19.5. The molecule has 0 atom stereocenters. The Morgan fingerprint density at radius 3 is 1.19 bits per heavy atom. The summed E-state index contributed by atoms with van der Waals surface area (Å²) >= 11 is -0.826. The van der Waals surface area contributed by atoms with Crippen molar-refractivity contribution >= 4 is 48.1 Å². The zero-order valence-corrected chi connectivity index (χ0v) is 38.0. The van der Waals surface area contributed by atoms with Crippen LogP contribution in [0.25, 0.3) is 43.8 Å². The van der Waals surface area contributed by atoms with E-state index >= 15 is 0 Å². The van der Waals surface area contributed by atoms with Crippen LogP contribution in [0.15, 0.2) is 97.1 Å². The Kier molecular flexibility index (Phi) is 20.6. The average molecular weight is 827 g/mol. The van der Waals surface area contributed by atoms with Crippen molar-refractivity contribution in [2.75, 3.05) is 0 Å². The van der Waals surface area contributed by atoms with E-state index in [9.17, 15) is 0 Å². The van der Waals surface area contributed by atoms with Gasteiger partial charge in [-0.2, -0.15) is 12.1 Å². The van der Waals surface area contributed by atoms with Gasteiger partial charge in [0.2, 0.25) is 0 Å². The van der Waals surface area contributed by atoms with E-state index in [-0.39, 0.29) is 0 Å². The summed E-state index contributed by atoms with van der Waals surface area (Å²) in [5.41, 5.74) is 14.6. The Hall–Kier alpha value is -2.22. The second-order valence-electron chi connectivity index (χ2n) is 13.4. The van der Waals surface area contributed by atoms with Crippen molar-refractivity contribution in [3.63, 3.8) is 0 Å². The molecule has 6 aromatic rings. The van der Waals surface area contributed by atoms with Crippen molar-refractivity contribution in [1.82, 2.24) is 0 Å². The summed E-state index contributed by atoms with van der Waals surface area (Å²) in [6.07, 6.45) is 11.8. The molecule has 6 rings (SSSR count). The molecule has 0 nitrogen and oxygen atoms in total. The first-order valence-corrected chi connectivity index (χ1v) is 27.9. The summed E-state index contributed by atoms with van der Waals surface area (Å²) in [6, 6.07) is 36.7. The molecule has 0 bridgehead atoms. The monoisotopic (exact) mass is 824 g/mol. The number of hydrogen-bond donors (Lipinski definition) is 0. The maximum atomic E-state index is 4.93. The Morgan fingerprint density at radius 2 is 0.865 bits per heavy atom. The number of rotatable bonds is 12. The van der Waals surface area contributed by atoms with Gasteiger partial charge in [-0.25, -0.2) is 0 Å². The fourth-order valence-electron chi connectivity index (χ4n) is 7.20. The molecule has 6 aromatic carbocycles. The zero-order chi connectivity index (χ0) is 37.9. The SMILES string of the molecule is CCCCc1cc2c(-c3ccccc3CC)c(CC)ccc2[cH-]1.CCCCc1cc2c(-c3ccccc3CC)c(CC)ccc2[cH-]1.C[Si]C.[Cl][Zr+2][Cl]. The summed E-state index contributed by atoms with van der Waals surface area (Å²) in [5, 5.41) is 5.68. The molecule has 0 saturated heterocycles. The normalized spacial score (nSPS) is 10.5. The number of unbranched alkanes of at least 4 members (excludes halogenated alkanes) is 2. The molecular formula is C48H60Cl2SiZr. The van der Waals surface area contributed by atoms with E-state index in [0.29, 0.717) is 0 Å². The van der Waals surface area contributed by atoms with Gasteiger partial charge in [-0.1, -0.05) is 151 Å². The van der Waals surface area contributed by atoms with Crippen LogP contribution in [0.2, 0.25) is 13.1 Å². The van der Waals surface area contributed by atoms with Gasteiger partial charge in [0.25, 0.3) is 0 Å². The molecular weight excluding hydrogens is 767 g/mol. The Balaban J connectivity index is 0.000000244. The third-order valence-electron chi connectivity index (χ3n) is 9.81. The van der Waals surface area contributed by atoms with Crippen molar-refractivity contribution in [1.29, 1.82) is 0 Å². The van der Waals surface area contributed by atoms with Gasteiger partial charge in [0.15, 0.2) is 0 Å². The fraction of sp³-hybridized carbons (Fsp3) is 0.375. The van der Waals surface area contributed by atoms with Crippen LogP contribution in [0.5, 0.6) is 0 Å². The molecule has 0 aliphatic heterocycles. The second-order valence-corrected chi connectivity index (χ2v) is 18.2. The van der Waals surface area contributed by atoms with E-state index < -0.39 is 20.8 Å². The van der Waals surface area contributed by atoms with Gasteiger partial charge in [-0.3, -0.25) is 0 Å². The van der Waals surface area contributed by atoms with Crippen molar-refractivity contribution in [2.24, 2.45) is 0 Å². The predicted molar refractivity (Wildman–Crippen MR) is 234 cm³/mol. The third kappa shape index (κ3) is 11.9. The van der Waals surface area contributed by atoms with E-state index in [1.54, 1.807) is 0 Å². The molecule has 0 N–H and O–H groups in total. The van der Waals surface area contributed by atoms with Crippen LogP contribution in [-0.2, 0) is 59.4 Å². The predicted octanol–water partition coefficient (Wildman–Crippen LogP) is 15.5. The van der Waals surface area contributed by atoms with Gasteiger partial charge in [0.05, 0.1) is 0 Å². The number of hydrogen-bond acceptors (Lipinski definition) is 0. The van der Waals surface area contributed by atoms with E-state index in [1.807, 2.05) is 0 Å². The van der Waals surface area contributed by atoms with E-state index in [0.717, 1.165) is 35.2 Å². The number of halogens is 2. The van der Waals surface area contributed by atoms with Crippen molar-refractivity contribution in [3.05, 3.63) is 130 Å². The van der Waals surface area contributed by atoms with Crippen molar-refractivity contribution in [2.45, 2.75) is 119 Å². The molecule has 0 aliphatic rings. The number of fused-ring (bicyclic) bond motifs is 2. The summed E-state index contributed by atoms with van der Waals surface area (Å²) in [7, 11) is 11.0. The van der Waals surface area contributed by atoms with Gasteiger partial charge in [-0.15, -0.1) is 69.1 Å².